The molecule has 0 unspecified atom stereocenters. The highest BCUT2D eigenvalue weighted by Gasteiger charge is 2.11. The Morgan fingerprint density at radius 2 is 1.86 bits per heavy atom. The third-order valence-electron chi connectivity index (χ3n) is 2.94. The molecule has 0 bridgehead atoms. The topological polar surface area (TPSA) is 30.7 Å². The fourth-order valence-electron chi connectivity index (χ4n) is 1.89. The van der Waals surface area contributed by atoms with Crippen LogP contribution in [0.5, 0.6) is 0 Å². The lowest BCUT2D eigenvalue weighted by atomic mass is 10.2. The predicted octanol–water partition coefficient (Wildman–Crippen LogP) is 4.46. The van der Waals surface area contributed by atoms with E-state index in [1.54, 1.807) is 22.8 Å². The number of rotatable bonds is 4. The fraction of sp³-hybridized carbons (Fsp3) is 0.0667. The number of hydrogen-bond donors (Lipinski definition) is 0. The highest BCUT2D eigenvalue weighted by molar-refractivity contribution is 9.10. The molecule has 0 fully saturated rings. The minimum atomic E-state index is -0.292. The molecule has 0 saturated heterocycles. The molecular formula is C15H11BrFN3S. The summed E-state index contributed by atoms with van der Waals surface area (Å²) in [4.78, 5) is 0. The van der Waals surface area contributed by atoms with Gasteiger partial charge in [0, 0.05) is 10.2 Å². The normalized spacial score (nSPS) is 10.8. The van der Waals surface area contributed by atoms with E-state index in [4.69, 9.17) is 0 Å². The van der Waals surface area contributed by atoms with Crippen molar-refractivity contribution in [3.05, 3.63) is 70.7 Å². The molecule has 0 atom stereocenters. The molecule has 0 amide bonds. The summed E-state index contributed by atoms with van der Waals surface area (Å²) in [6, 6.07) is 14.6. The van der Waals surface area contributed by atoms with Gasteiger partial charge >= 0.3 is 0 Å². The molecule has 0 N–H and O–H groups in total. The van der Waals surface area contributed by atoms with Crippen LogP contribution in [0.15, 0.2) is 64.5 Å². The summed E-state index contributed by atoms with van der Waals surface area (Å²) >= 11 is 5.04. The minimum Gasteiger partial charge on any atom is -0.274 e. The Hall–Kier alpha value is -1.66. The molecular weight excluding hydrogens is 353 g/mol. The molecule has 0 aliphatic rings. The molecule has 3 nitrogen and oxygen atoms in total. The third kappa shape index (κ3) is 3.16. The molecule has 0 radical (unpaired) electrons. The second-order valence-corrected chi connectivity index (χ2v) is 6.11. The van der Waals surface area contributed by atoms with E-state index in [0.29, 0.717) is 10.8 Å². The lowest BCUT2D eigenvalue weighted by Gasteiger charge is -2.07. The van der Waals surface area contributed by atoms with Crippen molar-refractivity contribution in [1.29, 1.82) is 0 Å². The van der Waals surface area contributed by atoms with Gasteiger partial charge < -0.3 is 0 Å². The fourth-order valence-corrected chi connectivity index (χ4v) is 3.43. The monoisotopic (exact) mass is 363 g/mol. The summed E-state index contributed by atoms with van der Waals surface area (Å²) in [6.45, 7) is 0. The van der Waals surface area contributed by atoms with E-state index in [9.17, 15) is 4.39 Å². The lowest BCUT2D eigenvalue weighted by Crippen LogP contribution is -1.98. The summed E-state index contributed by atoms with van der Waals surface area (Å²) in [5, 5.41) is 8.62. The molecule has 1 aromatic heterocycles. The zero-order valence-electron chi connectivity index (χ0n) is 10.9. The molecule has 0 aliphatic carbocycles. The van der Waals surface area contributed by atoms with Crippen LogP contribution in [0.1, 0.15) is 5.56 Å². The first-order valence-corrected chi connectivity index (χ1v) is 8.04. The van der Waals surface area contributed by atoms with Crippen LogP contribution in [0.3, 0.4) is 0 Å². The summed E-state index contributed by atoms with van der Waals surface area (Å²) in [7, 11) is 0. The molecule has 3 aromatic rings. The average Bonchev–Trinajstić information content (AvgIpc) is 2.95. The zero-order valence-corrected chi connectivity index (χ0v) is 13.3. The number of benzene rings is 2. The van der Waals surface area contributed by atoms with E-state index in [0.717, 1.165) is 15.8 Å². The van der Waals surface area contributed by atoms with Crippen molar-refractivity contribution < 1.29 is 4.39 Å². The second-order valence-electron chi connectivity index (χ2n) is 4.32. The third-order valence-corrected chi connectivity index (χ3v) is 4.71. The lowest BCUT2D eigenvalue weighted by molar-refractivity contribution is 0.613. The van der Waals surface area contributed by atoms with Crippen LogP contribution >= 0.6 is 27.7 Å². The Labute approximate surface area is 134 Å². The predicted molar refractivity (Wildman–Crippen MR) is 85.0 cm³/mol. The SMILES string of the molecule is Fc1ccccc1-n1cnnc1SCc1ccccc1Br. The molecule has 1 heterocycles. The van der Waals surface area contributed by atoms with Crippen molar-refractivity contribution in [2.24, 2.45) is 0 Å². The van der Waals surface area contributed by atoms with E-state index in [1.807, 2.05) is 24.3 Å². The Morgan fingerprint density at radius 3 is 2.67 bits per heavy atom. The van der Waals surface area contributed by atoms with Crippen LogP contribution in [0.25, 0.3) is 5.69 Å². The van der Waals surface area contributed by atoms with Gasteiger partial charge in [-0.2, -0.15) is 0 Å². The Bertz CT molecular complexity index is 760. The molecule has 0 saturated carbocycles. The van der Waals surface area contributed by atoms with Gasteiger partial charge in [0.15, 0.2) is 5.16 Å². The summed E-state index contributed by atoms with van der Waals surface area (Å²) in [6.07, 6.45) is 1.53. The summed E-state index contributed by atoms with van der Waals surface area (Å²) in [5.74, 6) is 0.439. The van der Waals surface area contributed by atoms with Gasteiger partial charge in [-0.25, -0.2) is 4.39 Å². The minimum absolute atomic E-state index is 0.292. The van der Waals surface area contributed by atoms with Crippen molar-refractivity contribution in [2.75, 3.05) is 0 Å². The maximum Gasteiger partial charge on any atom is 0.196 e. The Morgan fingerprint density at radius 1 is 1.10 bits per heavy atom. The molecule has 2 aromatic carbocycles. The molecule has 106 valence electrons. The van der Waals surface area contributed by atoms with Crippen LogP contribution in [0.4, 0.5) is 4.39 Å². The quantitative estimate of drug-likeness (QED) is 0.641. The number of aromatic nitrogens is 3. The first-order valence-electron chi connectivity index (χ1n) is 6.27. The van der Waals surface area contributed by atoms with Crippen molar-refractivity contribution in [2.45, 2.75) is 10.9 Å². The molecule has 21 heavy (non-hydrogen) atoms. The number of thioether (sulfide) groups is 1. The maximum absolute atomic E-state index is 13.9. The van der Waals surface area contributed by atoms with Crippen LogP contribution in [0, 0.1) is 5.82 Å². The van der Waals surface area contributed by atoms with Crippen molar-refractivity contribution in [3.63, 3.8) is 0 Å². The van der Waals surface area contributed by atoms with E-state index in [2.05, 4.69) is 26.1 Å². The van der Waals surface area contributed by atoms with Gasteiger partial charge in [-0.3, -0.25) is 4.57 Å². The highest BCUT2D eigenvalue weighted by Crippen LogP contribution is 2.27. The zero-order chi connectivity index (χ0) is 14.7. The smallest absolute Gasteiger partial charge is 0.196 e. The molecule has 0 aliphatic heterocycles. The van der Waals surface area contributed by atoms with Gasteiger partial charge in [-0.1, -0.05) is 58.0 Å². The van der Waals surface area contributed by atoms with E-state index >= 15 is 0 Å². The average molecular weight is 364 g/mol. The first kappa shape index (κ1) is 14.3. The first-order chi connectivity index (χ1) is 10.3. The van der Waals surface area contributed by atoms with Gasteiger partial charge in [0.2, 0.25) is 0 Å². The van der Waals surface area contributed by atoms with Gasteiger partial charge in [0.1, 0.15) is 12.1 Å². The highest BCUT2D eigenvalue weighted by atomic mass is 79.9. The second kappa shape index (κ2) is 6.41. The van der Waals surface area contributed by atoms with Gasteiger partial charge in [-0.05, 0) is 23.8 Å². The van der Waals surface area contributed by atoms with Crippen LogP contribution in [0.2, 0.25) is 0 Å². The molecule has 3 rings (SSSR count). The van der Waals surface area contributed by atoms with Gasteiger partial charge in [0.05, 0.1) is 5.69 Å². The van der Waals surface area contributed by atoms with E-state index < -0.39 is 0 Å². The standard InChI is InChI=1S/C15H11BrFN3S/c16-12-6-2-1-5-11(12)9-21-15-19-18-10-20(15)14-8-4-3-7-13(14)17/h1-8,10H,9H2. The van der Waals surface area contributed by atoms with Gasteiger partial charge in [-0.15, -0.1) is 10.2 Å². The van der Waals surface area contributed by atoms with E-state index in [1.165, 1.54) is 24.2 Å². The number of hydrogen-bond acceptors (Lipinski definition) is 3. The molecule has 6 heteroatoms. The Kier molecular flexibility index (Phi) is 4.36. The Balaban J connectivity index is 1.84. The largest absolute Gasteiger partial charge is 0.274 e. The van der Waals surface area contributed by atoms with Crippen molar-refractivity contribution in [3.8, 4) is 5.69 Å². The summed E-state index contributed by atoms with van der Waals surface area (Å²) < 4.78 is 16.6. The molecule has 0 spiro atoms. The number of nitrogens with zero attached hydrogens (tertiary/aromatic N) is 3. The number of para-hydroxylation sites is 1. The van der Waals surface area contributed by atoms with Crippen molar-refractivity contribution in [1.82, 2.24) is 14.8 Å². The van der Waals surface area contributed by atoms with E-state index in [-0.39, 0.29) is 5.82 Å². The van der Waals surface area contributed by atoms with Crippen LogP contribution < -0.4 is 0 Å². The number of halogens is 2. The van der Waals surface area contributed by atoms with Crippen LogP contribution in [-0.2, 0) is 5.75 Å². The van der Waals surface area contributed by atoms with Crippen LogP contribution in [-0.4, -0.2) is 14.8 Å². The van der Waals surface area contributed by atoms with Gasteiger partial charge in [0.25, 0.3) is 0 Å². The van der Waals surface area contributed by atoms with Crippen molar-refractivity contribution >= 4 is 27.7 Å². The summed E-state index contributed by atoms with van der Waals surface area (Å²) in [5.41, 5.74) is 1.61. The maximum atomic E-state index is 13.9.